The summed E-state index contributed by atoms with van der Waals surface area (Å²) in [4.78, 5) is 31.3. The minimum atomic E-state index is -0.525. The molecule has 2 saturated heterocycles. The van der Waals surface area contributed by atoms with Crippen molar-refractivity contribution in [2.75, 3.05) is 44.2 Å². The molecule has 0 aliphatic carbocycles. The largest absolute Gasteiger partial charge is 0.367 e. The van der Waals surface area contributed by atoms with Gasteiger partial charge in [-0.25, -0.2) is 4.39 Å². The van der Waals surface area contributed by atoms with Crippen LogP contribution in [0.1, 0.15) is 28.8 Å². The Kier molecular flexibility index (Phi) is 6.61. The average molecular weight is 455 g/mol. The third-order valence-electron chi connectivity index (χ3n) is 6.26. The molecule has 2 aliphatic heterocycles. The molecule has 166 valence electrons. The summed E-state index contributed by atoms with van der Waals surface area (Å²) in [7, 11) is 0. The first-order valence-electron chi connectivity index (χ1n) is 10.7. The van der Waals surface area contributed by atoms with Gasteiger partial charge in [-0.2, -0.15) is 5.26 Å². The van der Waals surface area contributed by atoms with Crippen molar-refractivity contribution in [2.24, 2.45) is 5.92 Å². The van der Waals surface area contributed by atoms with E-state index in [0.717, 1.165) is 0 Å². The van der Waals surface area contributed by atoms with E-state index in [9.17, 15) is 19.2 Å². The summed E-state index contributed by atoms with van der Waals surface area (Å²) >= 11 is 5.89. The Balaban J connectivity index is 1.30. The lowest BCUT2D eigenvalue weighted by molar-refractivity contribution is -0.137. The van der Waals surface area contributed by atoms with Crippen LogP contribution in [0.5, 0.6) is 0 Å². The van der Waals surface area contributed by atoms with Gasteiger partial charge >= 0.3 is 0 Å². The molecule has 0 saturated carbocycles. The number of rotatable bonds is 3. The quantitative estimate of drug-likeness (QED) is 0.711. The lowest BCUT2D eigenvalue weighted by Crippen LogP contribution is -2.52. The molecule has 2 aromatic rings. The van der Waals surface area contributed by atoms with Crippen molar-refractivity contribution in [1.82, 2.24) is 9.80 Å². The molecule has 2 aliphatic rings. The molecule has 0 atom stereocenters. The van der Waals surface area contributed by atoms with Gasteiger partial charge < -0.3 is 14.7 Å². The van der Waals surface area contributed by atoms with E-state index in [2.05, 4.69) is 0 Å². The molecule has 2 heterocycles. The Hall–Kier alpha value is -3.11. The first-order chi connectivity index (χ1) is 15.5. The predicted octanol–water partition coefficient (Wildman–Crippen LogP) is 3.55. The number of anilines is 1. The van der Waals surface area contributed by atoms with Gasteiger partial charge in [-0.15, -0.1) is 0 Å². The van der Waals surface area contributed by atoms with Crippen molar-refractivity contribution < 1.29 is 14.0 Å². The molecule has 2 fully saturated rings. The van der Waals surface area contributed by atoms with Gasteiger partial charge in [0.25, 0.3) is 5.91 Å². The van der Waals surface area contributed by atoms with E-state index in [1.165, 1.54) is 6.07 Å². The number of amides is 2. The number of likely N-dealkylation sites (tertiary alicyclic amines) is 1. The van der Waals surface area contributed by atoms with E-state index in [-0.39, 0.29) is 23.3 Å². The normalized spacial score (nSPS) is 17.2. The molecule has 0 spiro atoms. The van der Waals surface area contributed by atoms with Crippen LogP contribution in [0.25, 0.3) is 0 Å². The highest BCUT2D eigenvalue weighted by atomic mass is 35.5. The fourth-order valence-corrected chi connectivity index (χ4v) is 4.54. The van der Waals surface area contributed by atoms with Crippen LogP contribution in [0.3, 0.4) is 0 Å². The van der Waals surface area contributed by atoms with Crippen LogP contribution in [-0.2, 0) is 4.79 Å². The van der Waals surface area contributed by atoms with E-state index >= 15 is 0 Å². The van der Waals surface area contributed by atoms with E-state index in [1.807, 2.05) is 15.9 Å². The summed E-state index contributed by atoms with van der Waals surface area (Å²) in [5.74, 6) is -0.546. The number of halogens is 2. The molecule has 8 heteroatoms. The second kappa shape index (κ2) is 9.58. The lowest BCUT2D eigenvalue weighted by atomic mass is 9.94. The molecule has 6 nitrogen and oxygen atoms in total. The first-order valence-corrected chi connectivity index (χ1v) is 11.1. The Bertz CT molecular complexity index is 1040. The maximum absolute atomic E-state index is 13.9. The van der Waals surface area contributed by atoms with Crippen LogP contribution in [-0.4, -0.2) is 60.9 Å². The van der Waals surface area contributed by atoms with Gasteiger partial charge in [-0.05, 0) is 49.2 Å². The van der Waals surface area contributed by atoms with Gasteiger partial charge in [0.2, 0.25) is 5.91 Å². The summed E-state index contributed by atoms with van der Waals surface area (Å²) in [6.45, 7) is 3.27. The number of nitriles is 1. The standard InChI is InChI=1S/C24H24ClFN4O2/c25-19-6-4-17(5-7-19)23(31)29-10-8-18(9-11-29)24(32)30-14-12-28(13-15-30)22-3-1-2-21(26)20(22)16-27/h1-7,18H,8-15H2. The van der Waals surface area contributed by atoms with Crippen molar-refractivity contribution in [3.05, 3.63) is 64.4 Å². The van der Waals surface area contributed by atoms with Gasteiger partial charge in [-0.1, -0.05) is 17.7 Å². The molecule has 0 unspecified atom stereocenters. The van der Waals surface area contributed by atoms with E-state index in [0.29, 0.717) is 68.4 Å². The van der Waals surface area contributed by atoms with Crippen LogP contribution in [0.15, 0.2) is 42.5 Å². The highest BCUT2D eigenvalue weighted by Gasteiger charge is 2.32. The average Bonchev–Trinajstić information content (AvgIpc) is 2.83. The van der Waals surface area contributed by atoms with Crippen molar-refractivity contribution in [3.8, 4) is 6.07 Å². The minimum absolute atomic E-state index is 0.0374. The molecule has 2 aromatic carbocycles. The topological polar surface area (TPSA) is 67.7 Å². The second-order valence-corrected chi connectivity index (χ2v) is 8.57. The second-order valence-electron chi connectivity index (χ2n) is 8.13. The summed E-state index contributed by atoms with van der Waals surface area (Å²) < 4.78 is 13.9. The highest BCUT2D eigenvalue weighted by Crippen LogP contribution is 2.26. The zero-order valence-corrected chi connectivity index (χ0v) is 18.4. The Morgan fingerprint density at radius 3 is 2.22 bits per heavy atom. The number of piperidine rings is 1. The molecule has 0 N–H and O–H groups in total. The number of benzene rings is 2. The smallest absolute Gasteiger partial charge is 0.253 e. The van der Waals surface area contributed by atoms with Crippen molar-refractivity contribution in [3.63, 3.8) is 0 Å². The van der Waals surface area contributed by atoms with Crippen LogP contribution in [0, 0.1) is 23.1 Å². The van der Waals surface area contributed by atoms with Crippen LogP contribution in [0.4, 0.5) is 10.1 Å². The third kappa shape index (κ3) is 4.56. The monoisotopic (exact) mass is 454 g/mol. The summed E-state index contributed by atoms with van der Waals surface area (Å²) in [6, 6.07) is 13.4. The Morgan fingerprint density at radius 2 is 1.59 bits per heavy atom. The van der Waals surface area contributed by atoms with Crippen molar-refractivity contribution in [2.45, 2.75) is 12.8 Å². The zero-order chi connectivity index (χ0) is 22.7. The molecular formula is C24H24ClFN4O2. The molecule has 4 rings (SSSR count). The molecule has 32 heavy (non-hydrogen) atoms. The number of carbonyl (C=O) groups is 2. The number of nitrogens with zero attached hydrogens (tertiary/aromatic N) is 4. The summed E-state index contributed by atoms with van der Waals surface area (Å²) in [5, 5.41) is 9.86. The molecule has 0 aromatic heterocycles. The van der Waals surface area contributed by atoms with Gasteiger partial charge in [0.15, 0.2) is 0 Å². The fourth-order valence-electron chi connectivity index (χ4n) is 4.42. The van der Waals surface area contributed by atoms with E-state index in [1.54, 1.807) is 41.3 Å². The third-order valence-corrected chi connectivity index (χ3v) is 6.51. The maximum Gasteiger partial charge on any atom is 0.253 e. The van der Waals surface area contributed by atoms with Gasteiger partial charge in [-0.3, -0.25) is 9.59 Å². The van der Waals surface area contributed by atoms with E-state index < -0.39 is 5.82 Å². The van der Waals surface area contributed by atoms with Crippen LogP contribution < -0.4 is 4.90 Å². The van der Waals surface area contributed by atoms with Gasteiger partial charge in [0.05, 0.1) is 5.69 Å². The SMILES string of the molecule is N#Cc1c(F)cccc1N1CCN(C(=O)C2CCN(C(=O)c3ccc(Cl)cc3)CC2)CC1. The van der Waals surface area contributed by atoms with Gasteiger partial charge in [0.1, 0.15) is 17.4 Å². The number of hydrogen-bond donors (Lipinski definition) is 0. The van der Waals surface area contributed by atoms with Crippen LogP contribution in [0.2, 0.25) is 5.02 Å². The zero-order valence-electron chi connectivity index (χ0n) is 17.6. The van der Waals surface area contributed by atoms with Crippen molar-refractivity contribution in [1.29, 1.82) is 5.26 Å². The van der Waals surface area contributed by atoms with Gasteiger partial charge in [0, 0.05) is 55.8 Å². The highest BCUT2D eigenvalue weighted by molar-refractivity contribution is 6.30. The molecular weight excluding hydrogens is 431 g/mol. The maximum atomic E-state index is 13.9. The molecule has 2 amide bonds. The summed E-state index contributed by atoms with van der Waals surface area (Å²) in [6.07, 6.45) is 1.28. The Labute approximate surface area is 191 Å². The summed E-state index contributed by atoms with van der Waals surface area (Å²) in [5.41, 5.74) is 1.23. The van der Waals surface area contributed by atoms with E-state index in [4.69, 9.17) is 11.6 Å². The Morgan fingerprint density at radius 1 is 0.938 bits per heavy atom. The van der Waals surface area contributed by atoms with Crippen LogP contribution >= 0.6 is 11.6 Å². The molecule has 0 radical (unpaired) electrons. The van der Waals surface area contributed by atoms with Crippen molar-refractivity contribution >= 4 is 29.1 Å². The lowest BCUT2D eigenvalue weighted by Gasteiger charge is -2.39. The predicted molar refractivity (Wildman–Crippen MR) is 120 cm³/mol. The first kappa shape index (κ1) is 22.1. The number of hydrogen-bond acceptors (Lipinski definition) is 4. The number of piperazine rings is 1. The fraction of sp³-hybridized carbons (Fsp3) is 0.375. The molecule has 0 bridgehead atoms. The number of carbonyl (C=O) groups excluding carboxylic acids is 2. The minimum Gasteiger partial charge on any atom is -0.367 e.